The molecule has 6 nitrogen and oxygen atoms in total. The number of ether oxygens (including phenoxy) is 1. The van der Waals surface area contributed by atoms with Gasteiger partial charge in [0.15, 0.2) is 0 Å². The Morgan fingerprint density at radius 1 is 0.314 bits per heavy atom. The lowest BCUT2D eigenvalue weighted by atomic mass is 9.30. The average molecular weight is 1330 g/mol. The summed E-state index contributed by atoms with van der Waals surface area (Å²) in [5, 5.41) is 0. The summed E-state index contributed by atoms with van der Waals surface area (Å²) in [6.45, 7) is 32.9. The smallest absolute Gasteiger partial charge is 0.256 e. The summed E-state index contributed by atoms with van der Waals surface area (Å²) >= 11 is 0. The van der Waals surface area contributed by atoms with Gasteiger partial charge in [0, 0.05) is 74.7 Å². The Hall–Kier alpha value is -10.4. The van der Waals surface area contributed by atoms with Gasteiger partial charge in [-0.25, -0.2) is 0 Å². The first kappa shape index (κ1) is 63.7. The Kier molecular flexibility index (Phi) is 14.4. The minimum Gasteiger partial charge on any atom is -0.458 e. The molecule has 2 aliphatic carbocycles. The number of nitrogens with zero attached hydrogens (tertiary/aromatic N) is 5. The third-order valence-electron chi connectivity index (χ3n) is 24.5. The Morgan fingerprint density at radius 3 is 1.36 bits per heavy atom. The molecule has 0 atom stereocenters. The molecule has 18 rings (SSSR count). The molecule has 4 aliphatic heterocycles. The van der Waals surface area contributed by atoms with Gasteiger partial charge in [-0.1, -0.05) is 207 Å². The number of para-hydroxylation sites is 7. The summed E-state index contributed by atoms with van der Waals surface area (Å²) in [6.07, 6.45) is 4.45. The number of benzene rings is 12. The van der Waals surface area contributed by atoms with Crippen molar-refractivity contribution in [2.24, 2.45) is 0 Å². The summed E-state index contributed by atoms with van der Waals surface area (Å²) in [4.78, 5) is 13.0. The van der Waals surface area contributed by atoms with Gasteiger partial charge in [0.05, 0.1) is 22.7 Å². The monoisotopic (exact) mass is 1330 g/mol. The summed E-state index contributed by atoms with van der Waals surface area (Å²) in [7, 11) is 0. The van der Waals surface area contributed by atoms with Crippen molar-refractivity contribution < 1.29 is 4.74 Å². The largest absolute Gasteiger partial charge is 0.458 e. The highest BCUT2D eigenvalue weighted by Gasteiger charge is 2.51. The summed E-state index contributed by atoms with van der Waals surface area (Å²) in [5.74, 6) is 1.72. The van der Waals surface area contributed by atoms with E-state index in [-0.39, 0.29) is 35.1 Å². The molecule has 0 saturated carbocycles. The fourth-order valence-electron chi connectivity index (χ4n) is 19.1. The van der Waals surface area contributed by atoms with Crippen LogP contribution < -0.4 is 62.0 Å². The topological polar surface area (TPSA) is 25.4 Å². The molecule has 502 valence electrons. The number of rotatable bonds is 9. The Labute approximate surface area is 605 Å². The van der Waals surface area contributed by atoms with Crippen LogP contribution in [0.4, 0.5) is 85.3 Å². The van der Waals surface area contributed by atoms with Gasteiger partial charge in [-0.3, -0.25) is 0 Å². The molecule has 0 aromatic heterocycles. The first-order valence-electron chi connectivity index (χ1n) is 37.1. The van der Waals surface area contributed by atoms with Crippen molar-refractivity contribution in [1.29, 1.82) is 0 Å². The van der Waals surface area contributed by atoms with Crippen LogP contribution in [0.5, 0.6) is 11.5 Å². The van der Waals surface area contributed by atoms with E-state index in [1.165, 1.54) is 123 Å². The molecule has 0 amide bonds. The van der Waals surface area contributed by atoms with E-state index in [2.05, 4.69) is 358 Å². The second kappa shape index (κ2) is 23.0. The minimum absolute atomic E-state index is 0.0182. The van der Waals surface area contributed by atoms with Crippen LogP contribution >= 0.6 is 0 Å². The zero-order chi connectivity index (χ0) is 70.2. The molecule has 0 bridgehead atoms. The van der Waals surface area contributed by atoms with E-state index in [9.17, 15) is 0 Å². The van der Waals surface area contributed by atoms with Gasteiger partial charge in [0.25, 0.3) is 13.4 Å². The van der Waals surface area contributed by atoms with E-state index in [0.717, 1.165) is 88.4 Å². The van der Waals surface area contributed by atoms with Crippen LogP contribution in [0.1, 0.15) is 137 Å². The van der Waals surface area contributed by atoms with Crippen LogP contribution in [0.3, 0.4) is 0 Å². The molecule has 0 fully saturated rings. The highest BCUT2D eigenvalue weighted by molar-refractivity contribution is 7.02. The zero-order valence-corrected chi connectivity index (χ0v) is 61.6. The molecule has 0 saturated heterocycles. The van der Waals surface area contributed by atoms with Gasteiger partial charge in [-0.05, 0) is 250 Å². The number of anilines is 15. The van der Waals surface area contributed by atoms with Gasteiger partial charge >= 0.3 is 0 Å². The molecule has 12 aromatic carbocycles. The van der Waals surface area contributed by atoms with E-state index >= 15 is 0 Å². The van der Waals surface area contributed by atoms with Crippen molar-refractivity contribution in [3.63, 3.8) is 0 Å². The molecule has 102 heavy (non-hydrogen) atoms. The van der Waals surface area contributed by atoms with Gasteiger partial charge < -0.3 is 29.2 Å². The quantitative estimate of drug-likeness (QED) is 0.134. The third kappa shape index (κ3) is 9.60. The Bertz CT molecular complexity index is 5440. The van der Waals surface area contributed by atoms with Crippen LogP contribution in [0.25, 0.3) is 0 Å². The van der Waals surface area contributed by atoms with Crippen molar-refractivity contribution in [2.45, 2.75) is 144 Å². The van der Waals surface area contributed by atoms with Gasteiger partial charge in [-0.2, -0.15) is 0 Å². The highest BCUT2D eigenvalue weighted by atomic mass is 16.5. The lowest BCUT2D eigenvalue weighted by molar-refractivity contribution is 0.332. The first-order chi connectivity index (χ1) is 49.1. The Morgan fingerprint density at radius 2 is 0.775 bits per heavy atom. The fourth-order valence-corrected chi connectivity index (χ4v) is 19.1. The van der Waals surface area contributed by atoms with Crippen molar-refractivity contribution in [3.8, 4) is 11.5 Å². The highest BCUT2D eigenvalue weighted by Crippen LogP contribution is 2.57. The summed E-state index contributed by atoms with van der Waals surface area (Å²) < 4.78 is 8.05. The Balaban J connectivity index is 0.959. The molecule has 12 aromatic rings. The molecule has 0 unspecified atom stereocenters. The first-order valence-corrected chi connectivity index (χ1v) is 37.1. The second-order valence-corrected chi connectivity index (χ2v) is 32.8. The molecule has 0 spiro atoms. The van der Waals surface area contributed by atoms with Crippen molar-refractivity contribution in [2.75, 3.05) is 24.5 Å². The molecule has 4 heterocycles. The molecular formula is C94H89B2N5O. The van der Waals surface area contributed by atoms with Crippen LogP contribution in [-0.4, -0.2) is 13.4 Å². The number of fused-ring (bicyclic) bond motifs is 11. The molecule has 6 aliphatic rings. The summed E-state index contributed by atoms with van der Waals surface area (Å²) in [6, 6.07) is 90.6. The lowest BCUT2D eigenvalue weighted by Gasteiger charge is -2.49. The van der Waals surface area contributed by atoms with E-state index in [1.807, 2.05) is 0 Å². The number of aryl methyl sites for hydroxylation is 6. The van der Waals surface area contributed by atoms with Crippen molar-refractivity contribution in [3.05, 3.63) is 292 Å². The van der Waals surface area contributed by atoms with Crippen LogP contribution in [0, 0.1) is 41.5 Å². The SMILES string of the molecule is Cc1ccccc1N(c1cc2c3c(c1)N(c1ccccc1)c1c(ccc4c1C(C)(C)CCC4(C)C)B3c1cc3c(cc1O2)N(c1ccccc1)c1cc(N(c2ccccc2C)c2c(C)cccc2C)cc2c1B3c1ccccc1N2c1ccc2c(c1)C(C)(C)CCC2(C)C)c1c(C)cccc1C. The van der Waals surface area contributed by atoms with E-state index in [4.69, 9.17) is 4.74 Å². The van der Waals surface area contributed by atoms with E-state index in [0.29, 0.717) is 0 Å². The molecule has 8 heteroatoms. The van der Waals surface area contributed by atoms with E-state index in [1.54, 1.807) is 0 Å². The normalized spacial score (nSPS) is 16.3. The predicted molar refractivity (Wildman–Crippen MR) is 435 cm³/mol. The standard InChI is InChI=1S/C94H89B2N5O/c1-58-29-21-24-40-76(58)100(88-60(3)31-27-32-61(88)4)67-52-80-86-81(53-67)98(66-43-44-69-71(51-66)93(11,12)48-47-91(69,7)8)78-42-26-23-39-72(78)95(86)74-56-75-83(57-79(74)97(80)64-35-17-15-18-36-64)102-84-55-68(101(77-41-25-22-30-59(77)2)89-62(5)33-28-34-63(89)6)54-82-87(84)96(75)73-46-45-70-85(94(13,14)50-49-92(70,9)10)90(73)99(82)65-37-19-16-20-38-65/h15-46,51-57H,47-50H2,1-14H3. The maximum absolute atomic E-state index is 8.05. The maximum atomic E-state index is 8.05. The van der Waals surface area contributed by atoms with Gasteiger partial charge in [-0.15, -0.1) is 0 Å². The van der Waals surface area contributed by atoms with Crippen LogP contribution in [-0.2, 0) is 21.7 Å². The van der Waals surface area contributed by atoms with E-state index < -0.39 is 0 Å². The van der Waals surface area contributed by atoms with Crippen molar-refractivity contribution >= 4 is 132 Å². The zero-order valence-electron chi connectivity index (χ0n) is 61.6. The van der Waals surface area contributed by atoms with Gasteiger partial charge in [0.2, 0.25) is 0 Å². The maximum Gasteiger partial charge on any atom is 0.256 e. The van der Waals surface area contributed by atoms with Gasteiger partial charge in [0.1, 0.15) is 11.5 Å². The average Bonchev–Trinajstić information content (AvgIpc) is 0.685. The molecular weight excluding hydrogens is 1240 g/mol. The second-order valence-electron chi connectivity index (χ2n) is 32.8. The number of hydrogen-bond donors (Lipinski definition) is 0. The summed E-state index contributed by atoms with van der Waals surface area (Å²) in [5.41, 5.74) is 37.4. The van der Waals surface area contributed by atoms with Crippen molar-refractivity contribution in [1.82, 2.24) is 0 Å². The number of hydrogen-bond acceptors (Lipinski definition) is 6. The lowest BCUT2D eigenvalue weighted by Crippen LogP contribution is -2.64. The predicted octanol–water partition coefficient (Wildman–Crippen LogP) is 21.7. The van der Waals surface area contributed by atoms with Crippen LogP contribution in [0.2, 0.25) is 0 Å². The third-order valence-corrected chi connectivity index (χ3v) is 24.5. The molecule has 0 radical (unpaired) electrons. The fraction of sp³-hybridized carbons (Fsp3) is 0.234. The minimum atomic E-state index is -0.210. The molecule has 0 N–H and O–H groups in total. The van der Waals surface area contributed by atoms with Crippen LogP contribution in [0.15, 0.2) is 237 Å².